The maximum absolute atomic E-state index is 12.0. The third-order valence-electron chi connectivity index (χ3n) is 4.55. The Morgan fingerprint density at radius 2 is 2.00 bits per heavy atom. The number of aliphatic hydroxyl groups excluding tert-OH is 1. The van der Waals surface area contributed by atoms with Crippen LogP contribution in [0, 0.1) is 0 Å². The van der Waals surface area contributed by atoms with Crippen LogP contribution in [0.3, 0.4) is 0 Å². The molecule has 2 aromatic heterocycles. The van der Waals surface area contributed by atoms with Gasteiger partial charge in [-0.25, -0.2) is 4.98 Å². The smallest absolute Gasteiger partial charge is 0.270 e. The Bertz CT molecular complexity index is 1240. The number of thiol groups is 1. The number of fused-ring (bicyclic) bond motifs is 1. The summed E-state index contributed by atoms with van der Waals surface area (Å²) in [7, 11) is 1.93. The molecule has 31 heavy (non-hydrogen) atoms. The van der Waals surface area contributed by atoms with Crippen LogP contribution in [0.4, 0.5) is 11.6 Å². The molecule has 0 saturated heterocycles. The van der Waals surface area contributed by atoms with Gasteiger partial charge in [0, 0.05) is 42.5 Å². The van der Waals surface area contributed by atoms with Gasteiger partial charge < -0.3 is 25.0 Å². The number of rotatable bonds is 7. The monoisotopic (exact) mass is 435 g/mol. The molecular formula is C22H21N5O3S. The predicted octanol–water partition coefficient (Wildman–Crippen LogP) is 3.52. The Hall–Kier alpha value is -3.56. The van der Waals surface area contributed by atoms with Crippen molar-refractivity contribution >= 4 is 41.2 Å². The first-order valence-electron chi connectivity index (χ1n) is 9.59. The summed E-state index contributed by atoms with van der Waals surface area (Å²) in [5.74, 6) is 1.38. The van der Waals surface area contributed by atoms with E-state index in [2.05, 4.69) is 33.2 Å². The fourth-order valence-corrected chi connectivity index (χ4v) is 3.29. The second kappa shape index (κ2) is 9.07. The second-order valence-electron chi connectivity index (χ2n) is 6.78. The SMILES string of the molecule is Cn1c(Nc2cccc(S)c2)nc2cc(Oc3ccnc(C(=O)NCCO)c3)ccc21. The molecule has 9 heteroatoms. The van der Waals surface area contributed by atoms with Crippen molar-refractivity contribution in [2.45, 2.75) is 4.90 Å². The van der Waals surface area contributed by atoms with Gasteiger partial charge in [0.15, 0.2) is 0 Å². The summed E-state index contributed by atoms with van der Waals surface area (Å²) >= 11 is 4.37. The van der Waals surface area contributed by atoms with E-state index in [1.165, 1.54) is 6.20 Å². The van der Waals surface area contributed by atoms with Crippen LogP contribution in [0.25, 0.3) is 11.0 Å². The Labute approximate surface area is 184 Å². The summed E-state index contributed by atoms with van der Waals surface area (Å²) in [6, 6.07) is 16.5. The van der Waals surface area contributed by atoms with Crippen molar-refractivity contribution in [3.63, 3.8) is 0 Å². The van der Waals surface area contributed by atoms with Gasteiger partial charge in [-0.3, -0.25) is 9.78 Å². The standard InChI is InChI=1S/C22H21N5O3S/c1-27-20-6-5-15(30-16-7-8-23-19(13-16)21(29)24-9-10-28)12-18(20)26-22(27)25-14-3-2-4-17(31)11-14/h2-8,11-13,28,31H,9-10H2,1H3,(H,24,29)(H,25,26). The number of hydrogen-bond acceptors (Lipinski definition) is 7. The van der Waals surface area contributed by atoms with Crippen LogP contribution >= 0.6 is 12.6 Å². The number of carbonyl (C=O) groups excluding carboxylic acids is 1. The molecule has 4 aromatic rings. The highest BCUT2D eigenvalue weighted by atomic mass is 32.1. The minimum atomic E-state index is -0.374. The Kier molecular flexibility index (Phi) is 6.06. The molecule has 0 unspecified atom stereocenters. The van der Waals surface area contributed by atoms with Crippen LogP contribution in [0.2, 0.25) is 0 Å². The van der Waals surface area contributed by atoms with E-state index in [-0.39, 0.29) is 24.8 Å². The van der Waals surface area contributed by atoms with Gasteiger partial charge in [0.1, 0.15) is 17.2 Å². The van der Waals surface area contributed by atoms with Crippen molar-refractivity contribution in [3.8, 4) is 11.5 Å². The van der Waals surface area contributed by atoms with Gasteiger partial charge in [-0.15, -0.1) is 12.6 Å². The highest BCUT2D eigenvalue weighted by molar-refractivity contribution is 7.80. The van der Waals surface area contributed by atoms with Crippen molar-refractivity contribution in [2.75, 3.05) is 18.5 Å². The summed E-state index contributed by atoms with van der Waals surface area (Å²) < 4.78 is 7.87. The van der Waals surface area contributed by atoms with Crippen molar-refractivity contribution in [1.29, 1.82) is 0 Å². The first-order valence-corrected chi connectivity index (χ1v) is 10.0. The molecule has 158 valence electrons. The van der Waals surface area contributed by atoms with E-state index < -0.39 is 0 Å². The normalized spacial score (nSPS) is 10.8. The lowest BCUT2D eigenvalue weighted by Crippen LogP contribution is -2.27. The zero-order chi connectivity index (χ0) is 21.8. The topological polar surface area (TPSA) is 101 Å². The van der Waals surface area contributed by atoms with Gasteiger partial charge in [0.25, 0.3) is 5.91 Å². The van der Waals surface area contributed by atoms with Crippen LogP contribution in [-0.4, -0.2) is 38.7 Å². The average Bonchev–Trinajstić information content (AvgIpc) is 3.07. The average molecular weight is 436 g/mol. The van der Waals surface area contributed by atoms with E-state index in [1.807, 2.05) is 54.1 Å². The lowest BCUT2D eigenvalue weighted by atomic mass is 10.3. The summed E-state index contributed by atoms with van der Waals surface area (Å²) in [5, 5.41) is 14.7. The molecule has 0 radical (unpaired) electrons. The molecule has 0 aliphatic heterocycles. The molecule has 8 nitrogen and oxygen atoms in total. The maximum Gasteiger partial charge on any atom is 0.270 e. The number of aryl methyl sites for hydroxylation is 1. The van der Waals surface area contributed by atoms with E-state index in [0.29, 0.717) is 17.4 Å². The molecule has 2 heterocycles. The number of benzene rings is 2. The number of aromatic nitrogens is 3. The molecule has 2 aromatic carbocycles. The molecule has 0 fully saturated rings. The van der Waals surface area contributed by atoms with Crippen LogP contribution < -0.4 is 15.4 Å². The minimum absolute atomic E-state index is 0.136. The molecule has 4 rings (SSSR count). The van der Waals surface area contributed by atoms with Gasteiger partial charge >= 0.3 is 0 Å². The Morgan fingerprint density at radius 1 is 1.16 bits per heavy atom. The van der Waals surface area contributed by atoms with Crippen LogP contribution in [-0.2, 0) is 7.05 Å². The van der Waals surface area contributed by atoms with E-state index in [0.717, 1.165) is 21.6 Å². The van der Waals surface area contributed by atoms with Crippen molar-refractivity contribution in [2.24, 2.45) is 7.05 Å². The molecule has 0 spiro atoms. The van der Waals surface area contributed by atoms with E-state index in [4.69, 9.17) is 9.84 Å². The predicted molar refractivity (Wildman–Crippen MR) is 121 cm³/mol. The molecule has 0 bridgehead atoms. The number of imidazole rings is 1. The number of nitrogens with zero attached hydrogens (tertiary/aromatic N) is 3. The van der Waals surface area contributed by atoms with Gasteiger partial charge in [-0.1, -0.05) is 6.07 Å². The molecule has 3 N–H and O–H groups in total. The van der Waals surface area contributed by atoms with Crippen molar-refractivity contribution in [1.82, 2.24) is 19.9 Å². The van der Waals surface area contributed by atoms with Crippen molar-refractivity contribution < 1.29 is 14.6 Å². The fraction of sp³-hybridized carbons (Fsp3) is 0.136. The fourth-order valence-electron chi connectivity index (χ4n) is 3.06. The second-order valence-corrected chi connectivity index (χ2v) is 7.30. The molecule has 0 aliphatic carbocycles. The van der Waals surface area contributed by atoms with Crippen LogP contribution in [0.5, 0.6) is 11.5 Å². The number of pyridine rings is 1. The number of anilines is 2. The quantitative estimate of drug-likeness (QED) is 0.332. The number of aliphatic hydroxyl groups is 1. The number of ether oxygens (including phenoxy) is 1. The highest BCUT2D eigenvalue weighted by Gasteiger charge is 2.11. The number of carbonyl (C=O) groups is 1. The Morgan fingerprint density at radius 3 is 2.81 bits per heavy atom. The van der Waals surface area contributed by atoms with Gasteiger partial charge in [-0.05, 0) is 36.4 Å². The summed E-state index contributed by atoms with van der Waals surface area (Å²) in [6.45, 7) is 0.0273. The molecule has 0 aliphatic rings. The van der Waals surface area contributed by atoms with E-state index >= 15 is 0 Å². The number of hydrogen-bond donors (Lipinski definition) is 4. The molecule has 1 amide bonds. The molecule has 0 saturated carbocycles. The lowest BCUT2D eigenvalue weighted by Gasteiger charge is -2.08. The first-order chi connectivity index (χ1) is 15.0. The summed E-state index contributed by atoms with van der Waals surface area (Å²) in [6.07, 6.45) is 1.50. The summed E-state index contributed by atoms with van der Waals surface area (Å²) in [5.41, 5.74) is 2.81. The molecule has 0 atom stereocenters. The Balaban J connectivity index is 1.55. The number of nitrogens with one attached hydrogen (secondary N) is 2. The third kappa shape index (κ3) is 4.79. The lowest BCUT2D eigenvalue weighted by molar-refractivity contribution is 0.0939. The van der Waals surface area contributed by atoms with Crippen molar-refractivity contribution in [3.05, 3.63) is 66.5 Å². The molecular weight excluding hydrogens is 414 g/mol. The highest BCUT2D eigenvalue weighted by Crippen LogP contribution is 2.28. The van der Waals surface area contributed by atoms with Gasteiger partial charge in [0.05, 0.1) is 17.6 Å². The largest absolute Gasteiger partial charge is 0.457 e. The first kappa shape index (κ1) is 20.7. The maximum atomic E-state index is 12.0. The van der Waals surface area contributed by atoms with Gasteiger partial charge in [0.2, 0.25) is 5.95 Å². The zero-order valence-corrected chi connectivity index (χ0v) is 17.6. The van der Waals surface area contributed by atoms with E-state index in [1.54, 1.807) is 12.1 Å². The van der Waals surface area contributed by atoms with Crippen LogP contribution in [0.15, 0.2) is 65.7 Å². The summed E-state index contributed by atoms with van der Waals surface area (Å²) in [4.78, 5) is 21.6. The zero-order valence-electron chi connectivity index (χ0n) is 16.7. The van der Waals surface area contributed by atoms with E-state index in [9.17, 15) is 4.79 Å². The van der Waals surface area contributed by atoms with Gasteiger partial charge in [-0.2, -0.15) is 0 Å². The van der Waals surface area contributed by atoms with Crippen LogP contribution in [0.1, 0.15) is 10.5 Å². The third-order valence-corrected chi connectivity index (χ3v) is 4.83. The minimum Gasteiger partial charge on any atom is -0.457 e. The number of amides is 1.